The molecule has 1 saturated heterocycles. The summed E-state index contributed by atoms with van der Waals surface area (Å²) in [5.74, 6) is 0.0375. The molecular formula is C32H36N2O5. The second-order valence-electron chi connectivity index (χ2n) is 9.42. The van der Waals surface area contributed by atoms with Gasteiger partial charge in [-0.3, -0.25) is 9.59 Å². The molecule has 1 heterocycles. The maximum Gasteiger partial charge on any atom is 0.295 e. The minimum Gasteiger partial charge on any atom is -0.507 e. The van der Waals surface area contributed by atoms with Crippen molar-refractivity contribution < 1.29 is 24.2 Å². The lowest BCUT2D eigenvalue weighted by molar-refractivity contribution is -0.140. The normalized spacial score (nSPS) is 16.6. The van der Waals surface area contributed by atoms with Crippen LogP contribution in [-0.4, -0.2) is 66.0 Å². The number of aliphatic hydroxyl groups excluding tert-OH is 1. The number of likely N-dealkylation sites (tertiary alicyclic amines) is 1. The maximum atomic E-state index is 13.2. The maximum absolute atomic E-state index is 13.2. The molecule has 4 rings (SSSR count). The van der Waals surface area contributed by atoms with Crippen LogP contribution in [0.25, 0.3) is 5.76 Å². The Hall–Kier alpha value is -4.10. The largest absolute Gasteiger partial charge is 0.507 e. The van der Waals surface area contributed by atoms with Crippen molar-refractivity contribution in [3.63, 3.8) is 0 Å². The molecule has 204 valence electrons. The number of hydrogen-bond acceptors (Lipinski definition) is 6. The van der Waals surface area contributed by atoms with Crippen LogP contribution in [0.2, 0.25) is 0 Å². The Kier molecular flexibility index (Phi) is 9.39. The number of aliphatic hydroxyl groups is 1. The summed E-state index contributed by atoms with van der Waals surface area (Å²) in [6, 6.07) is 23.3. The second-order valence-corrected chi connectivity index (χ2v) is 9.42. The molecule has 0 aromatic heterocycles. The number of likely N-dealkylation sites (N-methyl/N-ethyl adjacent to an activating group) is 1. The number of amides is 1. The fraction of sp³-hybridized carbons (Fsp3) is 0.312. The molecule has 3 aromatic carbocycles. The van der Waals surface area contributed by atoms with Crippen molar-refractivity contribution in [3.8, 4) is 11.5 Å². The van der Waals surface area contributed by atoms with Crippen LogP contribution in [0.15, 0.2) is 84.4 Å². The summed E-state index contributed by atoms with van der Waals surface area (Å²) in [6.45, 7) is 9.57. The van der Waals surface area contributed by atoms with Crippen LogP contribution < -0.4 is 9.47 Å². The van der Waals surface area contributed by atoms with E-state index in [0.29, 0.717) is 37.6 Å². The SMILES string of the molecule is CCN(CC)CCN1C(=O)C(=O)C(=C(O)c2ccccc2)[C@H]1c1ccc(OCCOc2ccccc2C)cc1. The molecule has 0 bridgehead atoms. The molecule has 39 heavy (non-hydrogen) atoms. The minimum atomic E-state index is -0.695. The molecule has 1 N–H and O–H groups in total. The van der Waals surface area contributed by atoms with E-state index < -0.39 is 17.7 Å². The number of carbonyl (C=O) groups is 2. The number of carbonyl (C=O) groups excluding carboxylic acids is 2. The van der Waals surface area contributed by atoms with Crippen molar-refractivity contribution in [2.75, 3.05) is 39.4 Å². The van der Waals surface area contributed by atoms with E-state index in [4.69, 9.17) is 9.47 Å². The van der Waals surface area contributed by atoms with E-state index in [-0.39, 0.29) is 11.3 Å². The number of para-hydroxylation sites is 1. The van der Waals surface area contributed by atoms with E-state index in [0.717, 1.165) is 30.0 Å². The highest BCUT2D eigenvalue weighted by Gasteiger charge is 2.45. The van der Waals surface area contributed by atoms with Crippen molar-refractivity contribution in [1.82, 2.24) is 9.80 Å². The fourth-order valence-corrected chi connectivity index (χ4v) is 4.77. The lowest BCUT2D eigenvalue weighted by Gasteiger charge is -2.28. The van der Waals surface area contributed by atoms with E-state index in [1.165, 1.54) is 0 Å². The van der Waals surface area contributed by atoms with Crippen LogP contribution >= 0.6 is 0 Å². The number of ketones is 1. The first-order valence-corrected chi connectivity index (χ1v) is 13.4. The third-order valence-electron chi connectivity index (χ3n) is 7.04. The fourth-order valence-electron chi connectivity index (χ4n) is 4.77. The zero-order chi connectivity index (χ0) is 27.8. The summed E-state index contributed by atoms with van der Waals surface area (Å²) < 4.78 is 11.7. The van der Waals surface area contributed by atoms with Crippen LogP contribution in [0, 0.1) is 6.92 Å². The number of rotatable bonds is 12. The predicted octanol–water partition coefficient (Wildman–Crippen LogP) is 5.22. The van der Waals surface area contributed by atoms with E-state index in [1.54, 1.807) is 29.2 Å². The van der Waals surface area contributed by atoms with Gasteiger partial charge in [0.05, 0.1) is 11.6 Å². The summed E-state index contributed by atoms with van der Waals surface area (Å²) in [4.78, 5) is 30.2. The molecule has 7 heteroatoms. The Balaban J connectivity index is 1.55. The number of benzene rings is 3. The molecule has 1 aliphatic heterocycles. The van der Waals surface area contributed by atoms with Gasteiger partial charge in [0.15, 0.2) is 0 Å². The summed E-state index contributed by atoms with van der Waals surface area (Å²) in [5.41, 5.74) is 2.40. The zero-order valence-electron chi connectivity index (χ0n) is 22.8. The van der Waals surface area contributed by atoms with Crippen molar-refractivity contribution in [2.24, 2.45) is 0 Å². The van der Waals surface area contributed by atoms with Crippen molar-refractivity contribution in [3.05, 3.63) is 101 Å². The lowest BCUT2D eigenvalue weighted by atomic mass is 9.95. The highest BCUT2D eigenvalue weighted by atomic mass is 16.5. The van der Waals surface area contributed by atoms with Crippen LogP contribution in [-0.2, 0) is 9.59 Å². The summed E-state index contributed by atoms with van der Waals surface area (Å²) in [6.07, 6.45) is 0. The molecule has 0 radical (unpaired) electrons. The Morgan fingerprint density at radius 2 is 1.51 bits per heavy atom. The molecule has 0 saturated carbocycles. The monoisotopic (exact) mass is 528 g/mol. The van der Waals surface area contributed by atoms with Crippen LogP contribution in [0.3, 0.4) is 0 Å². The van der Waals surface area contributed by atoms with Crippen LogP contribution in [0.1, 0.15) is 36.6 Å². The van der Waals surface area contributed by atoms with Gasteiger partial charge in [0.25, 0.3) is 11.7 Å². The second kappa shape index (κ2) is 13.1. The van der Waals surface area contributed by atoms with Crippen LogP contribution in [0.4, 0.5) is 0 Å². The number of ether oxygens (including phenoxy) is 2. The Morgan fingerprint density at radius 1 is 0.872 bits per heavy atom. The van der Waals surface area contributed by atoms with Gasteiger partial charge in [-0.25, -0.2) is 0 Å². The number of nitrogens with zero attached hydrogens (tertiary/aromatic N) is 2. The minimum absolute atomic E-state index is 0.103. The first-order valence-electron chi connectivity index (χ1n) is 13.4. The molecule has 1 amide bonds. The van der Waals surface area contributed by atoms with E-state index in [1.807, 2.05) is 61.5 Å². The summed E-state index contributed by atoms with van der Waals surface area (Å²) in [5, 5.41) is 11.2. The Labute approximate surface area is 230 Å². The van der Waals surface area contributed by atoms with Gasteiger partial charge in [-0.15, -0.1) is 0 Å². The molecule has 1 aliphatic rings. The number of Topliss-reactive ketones (excluding diaryl/α,β-unsaturated/α-hetero) is 1. The smallest absolute Gasteiger partial charge is 0.295 e. The van der Waals surface area contributed by atoms with Gasteiger partial charge in [-0.1, -0.05) is 74.5 Å². The average molecular weight is 529 g/mol. The summed E-state index contributed by atoms with van der Waals surface area (Å²) in [7, 11) is 0. The van der Waals surface area contributed by atoms with Crippen LogP contribution in [0.5, 0.6) is 11.5 Å². The molecule has 7 nitrogen and oxygen atoms in total. The zero-order valence-corrected chi connectivity index (χ0v) is 22.8. The third-order valence-corrected chi connectivity index (χ3v) is 7.04. The summed E-state index contributed by atoms with van der Waals surface area (Å²) >= 11 is 0. The molecule has 0 aliphatic carbocycles. The Morgan fingerprint density at radius 3 is 2.18 bits per heavy atom. The topological polar surface area (TPSA) is 79.3 Å². The third kappa shape index (κ3) is 6.49. The van der Waals surface area contributed by atoms with Crippen molar-refractivity contribution >= 4 is 17.4 Å². The lowest BCUT2D eigenvalue weighted by Crippen LogP contribution is -2.38. The molecular weight excluding hydrogens is 492 g/mol. The quantitative estimate of drug-likeness (QED) is 0.150. The first kappa shape index (κ1) is 27.9. The number of hydrogen-bond donors (Lipinski definition) is 1. The average Bonchev–Trinajstić information content (AvgIpc) is 3.22. The highest BCUT2D eigenvalue weighted by molar-refractivity contribution is 6.46. The van der Waals surface area contributed by atoms with Gasteiger partial charge in [0.1, 0.15) is 30.5 Å². The molecule has 1 atom stereocenters. The van der Waals surface area contributed by atoms with E-state index >= 15 is 0 Å². The van der Waals surface area contributed by atoms with Gasteiger partial charge in [0.2, 0.25) is 0 Å². The van der Waals surface area contributed by atoms with Crippen molar-refractivity contribution in [2.45, 2.75) is 26.8 Å². The Bertz CT molecular complexity index is 1300. The predicted molar refractivity (Wildman–Crippen MR) is 152 cm³/mol. The van der Waals surface area contributed by atoms with Gasteiger partial charge in [-0.2, -0.15) is 0 Å². The van der Waals surface area contributed by atoms with Gasteiger partial charge in [0, 0.05) is 18.7 Å². The number of aryl methyl sites for hydroxylation is 1. The van der Waals surface area contributed by atoms with Gasteiger partial charge < -0.3 is 24.4 Å². The molecule has 0 spiro atoms. The molecule has 0 unspecified atom stereocenters. The van der Waals surface area contributed by atoms with Gasteiger partial charge >= 0.3 is 0 Å². The van der Waals surface area contributed by atoms with Crippen molar-refractivity contribution in [1.29, 1.82) is 0 Å². The molecule has 1 fully saturated rings. The highest BCUT2D eigenvalue weighted by Crippen LogP contribution is 2.39. The van der Waals surface area contributed by atoms with E-state index in [9.17, 15) is 14.7 Å². The standard InChI is InChI=1S/C32H36N2O5/c1-4-33(5-2)19-20-34-29(28(31(36)32(34)37)30(35)25-12-7-6-8-13-25)24-15-17-26(18-16-24)38-21-22-39-27-14-10-9-11-23(27)3/h6-18,29,35H,4-5,19-22H2,1-3H3/t29-/m1/s1. The first-order chi connectivity index (χ1) is 18.9. The van der Waals surface area contributed by atoms with E-state index in [2.05, 4.69) is 18.7 Å². The van der Waals surface area contributed by atoms with Gasteiger partial charge in [-0.05, 0) is 49.3 Å². The molecule has 3 aromatic rings.